The largest absolute Gasteiger partial charge is 0.490 e. The third kappa shape index (κ3) is 2.55. The zero-order valence-electron chi connectivity index (χ0n) is 7.42. The molecule has 0 aromatic heterocycles. The Balaban J connectivity index is 2.17. The second kappa shape index (κ2) is 3.81. The quantitative estimate of drug-likeness (QED) is 0.711. The van der Waals surface area contributed by atoms with Gasteiger partial charge in [-0.3, -0.25) is 0 Å². The maximum Gasteiger partial charge on any atom is 0.122 e. The van der Waals surface area contributed by atoms with Crippen LogP contribution in [0.25, 0.3) is 0 Å². The molecule has 0 saturated heterocycles. The van der Waals surface area contributed by atoms with Crippen molar-refractivity contribution in [2.45, 2.75) is 23.8 Å². The molecule has 1 fully saturated rings. The van der Waals surface area contributed by atoms with Gasteiger partial charge in [0.15, 0.2) is 0 Å². The van der Waals surface area contributed by atoms with E-state index in [1.54, 1.807) is 11.8 Å². The number of hydrogen-bond acceptors (Lipinski definition) is 2. The van der Waals surface area contributed by atoms with E-state index < -0.39 is 0 Å². The SMILES string of the molecule is CSc1cc(Cl)cc(OC2CC2)c1. The zero-order chi connectivity index (χ0) is 9.26. The fraction of sp³-hybridized carbons (Fsp3) is 0.400. The Morgan fingerprint density at radius 2 is 2.15 bits per heavy atom. The van der Waals surface area contributed by atoms with Crippen molar-refractivity contribution in [3.63, 3.8) is 0 Å². The molecule has 0 unspecified atom stereocenters. The topological polar surface area (TPSA) is 9.23 Å². The lowest BCUT2D eigenvalue weighted by molar-refractivity contribution is 0.302. The molecule has 1 nitrogen and oxygen atoms in total. The Bertz CT molecular complexity index is 310. The molecule has 0 bridgehead atoms. The monoisotopic (exact) mass is 214 g/mol. The minimum atomic E-state index is 0.438. The molecule has 1 saturated carbocycles. The van der Waals surface area contributed by atoms with Gasteiger partial charge in [0.2, 0.25) is 0 Å². The summed E-state index contributed by atoms with van der Waals surface area (Å²) in [5.74, 6) is 0.902. The van der Waals surface area contributed by atoms with Crippen molar-refractivity contribution in [2.24, 2.45) is 0 Å². The predicted molar refractivity (Wildman–Crippen MR) is 56.9 cm³/mol. The molecule has 70 valence electrons. The Hall–Kier alpha value is -0.340. The van der Waals surface area contributed by atoms with Gasteiger partial charge in [-0.15, -0.1) is 11.8 Å². The maximum atomic E-state index is 5.94. The van der Waals surface area contributed by atoms with Crippen molar-refractivity contribution >= 4 is 23.4 Å². The van der Waals surface area contributed by atoms with Crippen LogP contribution in [-0.2, 0) is 0 Å². The first-order valence-electron chi connectivity index (χ1n) is 4.29. The first-order chi connectivity index (χ1) is 6.28. The molecule has 0 heterocycles. The van der Waals surface area contributed by atoms with Crippen LogP contribution >= 0.6 is 23.4 Å². The summed E-state index contributed by atoms with van der Waals surface area (Å²) in [4.78, 5) is 1.16. The molecule has 0 atom stereocenters. The van der Waals surface area contributed by atoms with E-state index in [0.717, 1.165) is 15.7 Å². The van der Waals surface area contributed by atoms with Gasteiger partial charge in [-0.25, -0.2) is 0 Å². The predicted octanol–water partition coefficient (Wildman–Crippen LogP) is 3.60. The van der Waals surface area contributed by atoms with Crippen LogP contribution in [-0.4, -0.2) is 12.4 Å². The molecule has 1 aromatic rings. The summed E-state index contributed by atoms with van der Waals surface area (Å²) >= 11 is 7.62. The van der Waals surface area contributed by atoms with Crippen molar-refractivity contribution < 1.29 is 4.74 Å². The van der Waals surface area contributed by atoms with Crippen LogP contribution in [0.4, 0.5) is 0 Å². The van der Waals surface area contributed by atoms with Gasteiger partial charge in [0, 0.05) is 9.92 Å². The highest BCUT2D eigenvalue weighted by molar-refractivity contribution is 7.98. The average Bonchev–Trinajstić information content (AvgIpc) is 2.87. The van der Waals surface area contributed by atoms with E-state index in [4.69, 9.17) is 16.3 Å². The van der Waals surface area contributed by atoms with Crippen molar-refractivity contribution in [3.05, 3.63) is 23.2 Å². The highest BCUT2D eigenvalue weighted by Crippen LogP contribution is 2.31. The molecule has 0 aliphatic heterocycles. The van der Waals surface area contributed by atoms with E-state index in [9.17, 15) is 0 Å². The van der Waals surface area contributed by atoms with Crippen LogP contribution in [0.3, 0.4) is 0 Å². The smallest absolute Gasteiger partial charge is 0.122 e. The molecule has 3 heteroatoms. The van der Waals surface area contributed by atoms with Gasteiger partial charge < -0.3 is 4.74 Å². The summed E-state index contributed by atoms with van der Waals surface area (Å²) in [6.45, 7) is 0. The van der Waals surface area contributed by atoms with Gasteiger partial charge in [0.1, 0.15) is 5.75 Å². The fourth-order valence-electron chi connectivity index (χ4n) is 1.10. The zero-order valence-corrected chi connectivity index (χ0v) is 8.99. The number of benzene rings is 1. The van der Waals surface area contributed by atoms with E-state index in [1.807, 2.05) is 24.5 Å². The van der Waals surface area contributed by atoms with Crippen molar-refractivity contribution in [1.82, 2.24) is 0 Å². The van der Waals surface area contributed by atoms with Crippen LogP contribution < -0.4 is 4.74 Å². The molecule has 2 rings (SSSR count). The van der Waals surface area contributed by atoms with Gasteiger partial charge >= 0.3 is 0 Å². The fourth-order valence-corrected chi connectivity index (χ4v) is 1.87. The van der Waals surface area contributed by atoms with E-state index in [1.165, 1.54) is 12.8 Å². The minimum Gasteiger partial charge on any atom is -0.490 e. The highest BCUT2D eigenvalue weighted by Gasteiger charge is 2.23. The second-order valence-electron chi connectivity index (χ2n) is 3.14. The lowest BCUT2D eigenvalue weighted by atomic mass is 10.3. The normalized spacial score (nSPS) is 15.8. The van der Waals surface area contributed by atoms with Gasteiger partial charge in [-0.2, -0.15) is 0 Å². The maximum absolute atomic E-state index is 5.94. The van der Waals surface area contributed by atoms with Crippen LogP contribution in [0.1, 0.15) is 12.8 Å². The lowest BCUT2D eigenvalue weighted by Gasteiger charge is -2.06. The Morgan fingerprint density at radius 1 is 1.38 bits per heavy atom. The summed E-state index contributed by atoms with van der Waals surface area (Å²) in [6.07, 6.45) is 4.84. The molecular weight excluding hydrogens is 204 g/mol. The summed E-state index contributed by atoms with van der Waals surface area (Å²) in [6, 6.07) is 5.86. The number of halogens is 1. The molecule has 0 radical (unpaired) electrons. The van der Waals surface area contributed by atoms with E-state index >= 15 is 0 Å². The van der Waals surface area contributed by atoms with Crippen LogP contribution in [0.5, 0.6) is 5.75 Å². The Labute approximate surface area is 87.4 Å². The Kier molecular flexibility index (Phi) is 2.70. The molecular formula is C10H11ClOS. The van der Waals surface area contributed by atoms with Crippen molar-refractivity contribution in [1.29, 1.82) is 0 Å². The third-order valence-corrected chi connectivity index (χ3v) is 2.83. The lowest BCUT2D eigenvalue weighted by Crippen LogP contribution is -1.95. The van der Waals surface area contributed by atoms with Gasteiger partial charge in [-0.05, 0) is 37.3 Å². The number of ether oxygens (including phenoxy) is 1. The molecule has 0 N–H and O–H groups in total. The van der Waals surface area contributed by atoms with E-state index in [-0.39, 0.29) is 0 Å². The number of thioether (sulfide) groups is 1. The molecule has 0 spiro atoms. The van der Waals surface area contributed by atoms with Crippen LogP contribution in [0.15, 0.2) is 23.1 Å². The van der Waals surface area contributed by atoms with E-state index in [0.29, 0.717) is 6.10 Å². The first-order valence-corrected chi connectivity index (χ1v) is 5.89. The summed E-state index contributed by atoms with van der Waals surface area (Å²) in [7, 11) is 0. The molecule has 1 aliphatic carbocycles. The second-order valence-corrected chi connectivity index (χ2v) is 4.46. The average molecular weight is 215 g/mol. The molecule has 13 heavy (non-hydrogen) atoms. The van der Waals surface area contributed by atoms with E-state index in [2.05, 4.69) is 0 Å². The summed E-state index contributed by atoms with van der Waals surface area (Å²) < 4.78 is 5.65. The highest BCUT2D eigenvalue weighted by atomic mass is 35.5. The third-order valence-electron chi connectivity index (χ3n) is 1.91. The van der Waals surface area contributed by atoms with Crippen LogP contribution in [0, 0.1) is 0 Å². The summed E-state index contributed by atoms with van der Waals surface area (Å²) in [5, 5.41) is 0.752. The molecule has 0 amide bonds. The van der Waals surface area contributed by atoms with Crippen molar-refractivity contribution in [2.75, 3.05) is 6.26 Å². The minimum absolute atomic E-state index is 0.438. The van der Waals surface area contributed by atoms with Crippen molar-refractivity contribution in [3.8, 4) is 5.75 Å². The van der Waals surface area contributed by atoms with Crippen LogP contribution in [0.2, 0.25) is 5.02 Å². The molecule has 1 aliphatic rings. The number of rotatable bonds is 3. The van der Waals surface area contributed by atoms with Gasteiger partial charge in [-0.1, -0.05) is 11.6 Å². The number of hydrogen-bond donors (Lipinski definition) is 0. The van der Waals surface area contributed by atoms with Gasteiger partial charge in [0.25, 0.3) is 0 Å². The van der Waals surface area contributed by atoms with Gasteiger partial charge in [0.05, 0.1) is 6.10 Å². The molecule has 1 aromatic carbocycles. The standard InChI is InChI=1S/C10H11ClOS/c1-13-10-5-7(11)4-9(6-10)12-8-2-3-8/h4-6,8H,2-3H2,1H3. The first kappa shape index (κ1) is 9.22. The Morgan fingerprint density at radius 3 is 2.77 bits per heavy atom. The summed E-state index contributed by atoms with van der Waals surface area (Å²) in [5.41, 5.74) is 0.